The molecule has 3 rings (SSSR count). The van der Waals surface area contributed by atoms with E-state index in [4.69, 9.17) is 0 Å². The summed E-state index contributed by atoms with van der Waals surface area (Å²) in [6.07, 6.45) is 2.76. The van der Waals surface area contributed by atoms with Crippen LogP contribution in [0.4, 0.5) is 0 Å². The molecule has 0 aromatic heterocycles. The van der Waals surface area contributed by atoms with Gasteiger partial charge in [0.2, 0.25) is 0 Å². The Morgan fingerprint density at radius 1 is 1.04 bits per heavy atom. The van der Waals surface area contributed by atoms with Gasteiger partial charge >= 0.3 is 0 Å². The van der Waals surface area contributed by atoms with Gasteiger partial charge in [0.25, 0.3) is 0 Å². The number of piperazine rings is 1. The lowest BCUT2D eigenvalue weighted by Crippen LogP contribution is -2.49. The second kappa shape index (κ2) is 8.46. The predicted molar refractivity (Wildman–Crippen MR) is 103 cm³/mol. The molecule has 2 atom stereocenters. The van der Waals surface area contributed by atoms with Gasteiger partial charge in [0, 0.05) is 45.3 Å². The van der Waals surface area contributed by atoms with Crippen molar-refractivity contribution in [3.05, 3.63) is 35.4 Å². The minimum Gasteiger partial charge on any atom is -0.314 e. The third-order valence-corrected chi connectivity index (χ3v) is 5.75. The van der Waals surface area contributed by atoms with Gasteiger partial charge in [0.1, 0.15) is 0 Å². The van der Waals surface area contributed by atoms with E-state index in [1.54, 1.807) is 0 Å². The third kappa shape index (κ3) is 4.59. The summed E-state index contributed by atoms with van der Waals surface area (Å²) in [5.41, 5.74) is 2.95. The lowest BCUT2D eigenvalue weighted by Gasteiger charge is -2.40. The normalized spacial score (nSPS) is 25.1. The number of piperidine rings is 1. The van der Waals surface area contributed by atoms with Crippen LogP contribution in [0.1, 0.15) is 56.7 Å². The molecule has 0 amide bonds. The Morgan fingerprint density at radius 2 is 1.71 bits per heavy atom. The van der Waals surface area contributed by atoms with Crippen LogP contribution < -0.4 is 5.32 Å². The summed E-state index contributed by atoms with van der Waals surface area (Å²) in [7, 11) is 0. The van der Waals surface area contributed by atoms with Gasteiger partial charge in [-0.25, -0.2) is 0 Å². The van der Waals surface area contributed by atoms with Crippen molar-refractivity contribution in [1.29, 1.82) is 0 Å². The first kappa shape index (κ1) is 17.9. The number of hydrogen-bond donors (Lipinski definition) is 1. The molecule has 0 bridgehead atoms. The van der Waals surface area contributed by atoms with E-state index in [0.29, 0.717) is 12.0 Å². The van der Waals surface area contributed by atoms with Gasteiger partial charge in [0.05, 0.1) is 0 Å². The Hall–Kier alpha value is -0.900. The Balaban J connectivity index is 1.75. The largest absolute Gasteiger partial charge is 0.314 e. The van der Waals surface area contributed by atoms with Crippen LogP contribution in [0, 0.1) is 5.92 Å². The molecule has 0 aliphatic carbocycles. The van der Waals surface area contributed by atoms with Crippen molar-refractivity contribution in [2.24, 2.45) is 5.92 Å². The standard InChI is InChI=1S/C21H35N3/c1-17(2)19-6-8-20(9-7-19)21(24-13-10-22-11-14-24)16-23-12-4-5-18(3)15-23/h6-9,17-18,21-22H,4-5,10-16H2,1-3H3. The molecular formula is C21H35N3. The average Bonchev–Trinajstić information content (AvgIpc) is 2.61. The maximum absolute atomic E-state index is 3.50. The number of nitrogens with zero attached hydrogens (tertiary/aromatic N) is 2. The zero-order valence-corrected chi connectivity index (χ0v) is 15.8. The summed E-state index contributed by atoms with van der Waals surface area (Å²) in [5, 5.41) is 3.50. The van der Waals surface area contributed by atoms with E-state index in [2.05, 4.69) is 60.2 Å². The molecule has 134 valence electrons. The number of benzene rings is 1. The first-order valence-corrected chi connectivity index (χ1v) is 9.90. The highest BCUT2D eigenvalue weighted by atomic mass is 15.3. The smallest absolute Gasteiger partial charge is 0.0476 e. The van der Waals surface area contributed by atoms with Gasteiger partial charge < -0.3 is 10.2 Å². The highest BCUT2D eigenvalue weighted by molar-refractivity contribution is 5.27. The van der Waals surface area contributed by atoms with Crippen LogP contribution in [-0.4, -0.2) is 55.6 Å². The highest BCUT2D eigenvalue weighted by Gasteiger charge is 2.26. The maximum atomic E-state index is 3.50. The van der Waals surface area contributed by atoms with Crippen molar-refractivity contribution in [3.8, 4) is 0 Å². The Bertz CT molecular complexity index is 490. The minimum atomic E-state index is 0.540. The Morgan fingerprint density at radius 3 is 2.33 bits per heavy atom. The topological polar surface area (TPSA) is 18.5 Å². The second-order valence-corrected chi connectivity index (χ2v) is 8.13. The molecule has 0 radical (unpaired) electrons. The summed E-state index contributed by atoms with van der Waals surface area (Å²) in [4.78, 5) is 5.40. The summed E-state index contributed by atoms with van der Waals surface area (Å²) < 4.78 is 0. The molecule has 0 spiro atoms. The van der Waals surface area contributed by atoms with E-state index in [-0.39, 0.29) is 0 Å². The molecule has 3 nitrogen and oxygen atoms in total. The summed E-state index contributed by atoms with van der Waals surface area (Å²) >= 11 is 0. The van der Waals surface area contributed by atoms with Gasteiger partial charge in [0.15, 0.2) is 0 Å². The molecule has 2 saturated heterocycles. The predicted octanol–water partition coefficient (Wildman–Crippen LogP) is 3.49. The Labute approximate surface area is 148 Å². The molecule has 2 fully saturated rings. The van der Waals surface area contributed by atoms with Crippen LogP contribution in [0.3, 0.4) is 0 Å². The molecular weight excluding hydrogens is 294 g/mol. The van der Waals surface area contributed by atoms with Crippen LogP contribution in [0.5, 0.6) is 0 Å². The van der Waals surface area contributed by atoms with Crippen LogP contribution >= 0.6 is 0 Å². The molecule has 3 heteroatoms. The third-order valence-electron chi connectivity index (χ3n) is 5.75. The first-order chi connectivity index (χ1) is 11.6. The molecule has 1 aromatic carbocycles. The van der Waals surface area contributed by atoms with Crippen molar-refractivity contribution in [1.82, 2.24) is 15.1 Å². The first-order valence-electron chi connectivity index (χ1n) is 9.90. The lowest BCUT2D eigenvalue weighted by molar-refractivity contribution is 0.100. The van der Waals surface area contributed by atoms with Crippen LogP contribution in [0.15, 0.2) is 24.3 Å². The molecule has 1 aromatic rings. The van der Waals surface area contributed by atoms with Gasteiger partial charge in [-0.15, -0.1) is 0 Å². The number of rotatable bonds is 5. The molecule has 2 heterocycles. The van der Waals surface area contributed by atoms with Crippen LogP contribution in [-0.2, 0) is 0 Å². The van der Waals surface area contributed by atoms with E-state index in [1.807, 2.05) is 0 Å². The number of likely N-dealkylation sites (tertiary alicyclic amines) is 1. The molecule has 2 aliphatic rings. The second-order valence-electron chi connectivity index (χ2n) is 8.13. The van der Waals surface area contributed by atoms with E-state index < -0.39 is 0 Å². The summed E-state index contributed by atoms with van der Waals surface area (Å²) in [6, 6.07) is 9.99. The zero-order chi connectivity index (χ0) is 16.9. The number of nitrogens with one attached hydrogen (secondary N) is 1. The van der Waals surface area contributed by atoms with Gasteiger partial charge in [-0.3, -0.25) is 4.90 Å². The fourth-order valence-electron chi connectivity index (χ4n) is 4.23. The zero-order valence-electron chi connectivity index (χ0n) is 15.8. The van der Waals surface area contributed by atoms with Gasteiger partial charge in [-0.2, -0.15) is 0 Å². The SMILES string of the molecule is CC1CCCN(CC(c2ccc(C(C)C)cc2)N2CCNCC2)C1. The fourth-order valence-corrected chi connectivity index (χ4v) is 4.23. The van der Waals surface area contributed by atoms with Crippen molar-refractivity contribution in [2.45, 2.75) is 45.6 Å². The molecule has 2 unspecified atom stereocenters. The maximum Gasteiger partial charge on any atom is 0.0476 e. The van der Waals surface area contributed by atoms with E-state index in [1.165, 1.54) is 56.7 Å². The van der Waals surface area contributed by atoms with Gasteiger partial charge in [-0.05, 0) is 42.3 Å². The molecule has 1 N–H and O–H groups in total. The fraction of sp³-hybridized carbons (Fsp3) is 0.714. The molecule has 2 aliphatic heterocycles. The lowest BCUT2D eigenvalue weighted by atomic mass is 9.96. The number of hydrogen-bond acceptors (Lipinski definition) is 3. The monoisotopic (exact) mass is 329 g/mol. The highest BCUT2D eigenvalue weighted by Crippen LogP contribution is 2.27. The minimum absolute atomic E-state index is 0.540. The van der Waals surface area contributed by atoms with Crippen molar-refractivity contribution in [2.75, 3.05) is 45.8 Å². The summed E-state index contributed by atoms with van der Waals surface area (Å²) in [5.74, 6) is 1.46. The van der Waals surface area contributed by atoms with Crippen molar-refractivity contribution in [3.63, 3.8) is 0 Å². The van der Waals surface area contributed by atoms with Crippen molar-refractivity contribution < 1.29 is 0 Å². The average molecular weight is 330 g/mol. The molecule has 0 saturated carbocycles. The Kier molecular flexibility index (Phi) is 6.31. The van der Waals surface area contributed by atoms with Crippen molar-refractivity contribution >= 4 is 0 Å². The van der Waals surface area contributed by atoms with E-state index in [0.717, 1.165) is 19.0 Å². The molecule has 24 heavy (non-hydrogen) atoms. The van der Waals surface area contributed by atoms with Crippen LogP contribution in [0.25, 0.3) is 0 Å². The van der Waals surface area contributed by atoms with E-state index >= 15 is 0 Å². The van der Waals surface area contributed by atoms with E-state index in [9.17, 15) is 0 Å². The summed E-state index contributed by atoms with van der Waals surface area (Å²) in [6.45, 7) is 15.3. The van der Waals surface area contributed by atoms with Crippen LogP contribution in [0.2, 0.25) is 0 Å². The van der Waals surface area contributed by atoms with Gasteiger partial charge in [-0.1, -0.05) is 45.0 Å². The quantitative estimate of drug-likeness (QED) is 0.892.